The van der Waals surface area contributed by atoms with Gasteiger partial charge in [0.1, 0.15) is 5.25 Å². The molecule has 0 bridgehead atoms. The molecule has 10 nitrogen and oxygen atoms in total. The number of rotatable bonds is 5. The number of aromatic nitrogens is 4. The number of fused-ring (bicyclic) bond motifs is 7. The number of benzene rings is 2. The van der Waals surface area contributed by atoms with Crippen LogP contribution >= 0.6 is 0 Å². The van der Waals surface area contributed by atoms with Crippen LogP contribution in [0, 0.1) is 23.7 Å². The van der Waals surface area contributed by atoms with E-state index in [0.29, 0.717) is 44.3 Å². The molecular formula is C40H50N6O4S. The van der Waals surface area contributed by atoms with E-state index in [0.717, 1.165) is 43.8 Å². The van der Waals surface area contributed by atoms with Gasteiger partial charge in [0.2, 0.25) is 10.0 Å². The van der Waals surface area contributed by atoms with Crippen molar-refractivity contribution in [3.63, 3.8) is 0 Å². The summed E-state index contributed by atoms with van der Waals surface area (Å²) >= 11 is 0. The molecule has 7 aliphatic rings. The van der Waals surface area contributed by atoms with Crippen LogP contribution in [0.3, 0.4) is 0 Å². The summed E-state index contributed by atoms with van der Waals surface area (Å²) in [6.07, 6.45) is 12.4. The van der Waals surface area contributed by atoms with E-state index in [-0.39, 0.29) is 11.3 Å². The lowest BCUT2D eigenvalue weighted by atomic mass is 9.86. The highest BCUT2D eigenvalue weighted by atomic mass is 32.2. The second kappa shape index (κ2) is 13.6. The first-order chi connectivity index (χ1) is 25.0. The standard InChI is InChI=1S/C20H23N3O.C18H21N3O3S.C2H6/c1-2-4-18-17(3-1)19-7-21-12-23(19)20(18)13-5-14-8-22(9-15(14)6-13)16-10-24-11-16;22-25(23,14-10-24-11-14)20-7-5-13(6-8-20)18-16-4-2-1-3-15(16)17-9-19-12-21(17)18;1-2/h1-4,7,12-16,20H,5-6,8-11H2;1-4,9,12-14,18H,5-8,10-11H2;1-2H3. The Bertz CT molecular complexity index is 1950. The number of nitrogens with zero attached hydrogens (tertiary/aromatic N) is 6. The topological polar surface area (TPSA) is 94.7 Å². The first-order valence-electron chi connectivity index (χ1n) is 19.2. The molecule has 5 fully saturated rings. The predicted octanol–water partition coefficient (Wildman–Crippen LogP) is 5.73. The quantitative estimate of drug-likeness (QED) is 0.261. The van der Waals surface area contributed by atoms with Crippen molar-refractivity contribution in [2.75, 3.05) is 52.6 Å². The molecule has 270 valence electrons. The molecule has 6 aliphatic heterocycles. The van der Waals surface area contributed by atoms with Gasteiger partial charge in [0.25, 0.3) is 0 Å². The summed E-state index contributed by atoms with van der Waals surface area (Å²) in [6.45, 7) is 10.4. The Hall–Kier alpha value is -3.35. The van der Waals surface area contributed by atoms with Crippen molar-refractivity contribution in [1.82, 2.24) is 28.3 Å². The molecule has 4 saturated heterocycles. The minimum atomic E-state index is -3.19. The molecular weight excluding hydrogens is 661 g/mol. The molecule has 4 atom stereocenters. The van der Waals surface area contributed by atoms with Crippen molar-refractivity contribution in [3.8, 4) is 22.5 Å². The van der Waals surface area contributed by atoms with Gasteiger partial charge in [-0.25, -0.2) is 22.7 Å². The normalized spacial score (nSPS) is 28.6. The van der Waals surface area contributed by atoms with Gasteiger partial charge < -0.3 is 18.6 Å². The molecule has 1 saturated carbocycles. The highest BCUT2D eigenvalue weighted by molar-refractivity contribution is 7.89. The monoisotopic (exact) mass is 710 g/mol. The van der Waals surface area contributed by atoms with E-state index in [2.05, 4.69) is 72.5 Å². The van der Waals surface area contributed by atoms with Crippen LogP contribution in [-0.2, 0) is 19.5 Å². The average Bonchev–Trinajstić information content (AvgIpc) is 3.94. The molecule has 11 rings (SSSR count). The molecule has 8 heterocycles. The van der Waals surface area contributed by atoms with Crippen molar-refractivity contribution >= 4 is 10.0 Å². The van der Waals surface area contributed by atoms with E-state index >= 15 is 0 Å². The molecule has 11 heteroatoms. The SMILES string of the molecule is CC.O=S(=O)(C1COC1)N1CCC(C2c3ccccc3-c3cncn32)CC1.c1ccc2c(c1)-c1cncn1C2C1CC2CN(C3COC3)CC2C1. The second-order valence-corrected chi connectivity index (χ2v) is 17.5. The fraction of sp³-hybridized carbons (Fsp3) is 0.550. The van der Waals surface area contributed by atoms with Gasteiger partial charge in [-0.15, -0.1) is 0 Å². The van der Waals surface area contributed by atoms with Gasteiger partial charge in [0.15, 0.2) is 0 Å². The van der Waals surface area contributed by atoms with E-state index in [1.165, 1.54) is 59.6 Å². The fourth-order valence-corrected chi connectivity index (χ4v) is 11.8. The van der Waals surface area contributed by atoms with E-state index in [9.17, 15) is 8.42 Å². The van der Waals surface area contributed by atoms with Crippen LogP contribution in [0.5, 0.6) is 0 Å². The molecule has 2 aromatic carbocycles. The lowest BCUT2D eigenvalue weighted by Crippen LogP contribution is -2.51. The summed E-state index contributed by atoms with van der Waals surface area (Å²) in [7, 11) is -3.19. The minimum Gasteiger partial charge on any atom is -0.378 e. The maximum Gasteiger partial charge on any atom is 0.221 e. The molecule has 2 aromatic heterocycles. The van der Waals surface area contributed by atoms with Gasteiger partial charge in [-0.05, 0) is 60.5 Å². The lowest BCUT2D eigenvalue weighted by Gasteiger charge is -2.38. The number of hydrogen-bond donors (Lipinski definition) is 0. The van der Waals surface area contributed by atoms with Crippen molar-refractivity contribution in [2.24, 2.45) is 23.7 Å². The molecule has 51 heavy (non-hydrogen) atoms. The van der Waals surface area contributed by atoms with Gasteiger partial charge in [-0.2, -0.15) is 0 Å². The minimum absolute atomic E-state index is 0.269. The van der Waals surface area contributed by atoms with Crippen molar-refractivity contribution in [1.29, 1.82) is 0 Å². The number of sulfonamides is 1. The van der Waals surface area contributed by atoms with Gasteiger partial charge in [0, 0.05) is 37.3 Å². The summed E-state index contributed by atoms with van der Waals surface area (Å²) in [5, 5.41) is -0.337. The molecule has 0 spiro atoms. The van der Waals surface area contributed by atoms with Crippen molar-refractivity contribution < 1.29 is 17.9 Å². The first kappa shape index (κ1) is 33.5. The zero-order chi connectivity index (χ0) is 34.7. The van der Waals surface area contributed by atoms with E-state index in [4.69, 9.17) is 9.47 Å². The van der Waals surface area contributed by atoms with Crippen LogP contribution in [0.25, 0.3) is 22.5 Å². The van der Waals surface area contributed by atoms with E-state index in [1.54, 1.807) is 4.31 Å². The summed E-state index contributed by atoms with van der Waals surface area (Å²) < 4.78 is 42.0. The van der Waals surface area contributed by atoms with Gasteiger partial charge in [-0.1, -0.05) is 62.4 Å². The van der Waals surface area contributed by atoms with E-state index in [1.807, 2.05) is 38.9 Å². The number of likely N-dealkylation sites (tertiary alicyclic amines) is 1. The molecule has 0 radical (unpaired) electrons. The molecule has 4 aromatic rings. The maximum absolute atomic E-state index is 12.6. The third-order valence-corrected chi connectivity index (χ3v) is 15.0. The summed E-state index contributed by atoms with van der Waals surface area (Å²) in [5.74, 6) is 2.96. The Morgan fingerprint density at radius 2 is 1.18 bits per heavy atom. The van der Waals surface area contributed by atoms with Crippen LogP contribution in [0.15, 0.2) is 73.6 Å². The van der Waals surface area contributed by atoms with Crippen LogP contribution < -0.4 is 0 Å². The van der Waals surface area contributed by atoms with Crippen LogP contribution in [-0.4, -0.2) is 101 Å². The zero-order valence-electron chi connectivity index (χ0n) is 29.8. The molecule has 0 amide bonds. The van der Waals surface area contributed by atoms with Gasteiger partial charge in [0.05, 0.1) is 81.0 Å². The Morgan fingerprint density at radius 1 is 0.667 bits per heavy atom. The summed E-state index contributed by atoms with van der Waals surface area (Å²) in [6, 6.07) is 18.9. The maximum atomic E-state index is 12.6. The van der Waals surface area contributed by atoms with E-state index < -0.39 is 10.0 Å². The number of ether oxygens (including phenoxy) is 2. The smallest absolute Gasteiger partial charge is 0.221 e. The average molecular weight is 711 g/mol. The fourth-order valence-electron chi connectivity index (χ4n) is 10.1. The zero-order valence-corrected chi connectivity index (χ0v) is 30.6. The number of imidazole rings is 2. The third-order valence-electron chi connectivity index (χ3n) is 12.8. The summed E-state index contributed by atoms with van der Waals surface area (Å²) in [4.78, 5) is 11.5. The van der Waals surface area contributed by atoms with Crippen LogP contribution in [0.1, 0.15) is 62.7 Å². The lowest BCUT2D eigenvalue weighted by molar-refractivity contribution is -0.0597. The Morgan fingerprint density at radius 3 is 1.67 bits per heavy atom. The Labute approximate surface area is 301 Å². The highest BCUT2D eigenvalue weighted by Gasteiger charge is 2.48. The highest BCUT2D eigenvalue weighted by Crippen LogP contribution is 2.52. The third kappa shape index (κ3) is 5.62. The number of hydrogen-bond acceptors (Lipinski definition) is 7. The molecule has 4 unspecified atom stereocenters. The van der Waals surface area contributed by atoms with Crippen LogP contribution in [0.4, 0.5) is 0 Å². The Kier molecular flexibility index (Phi) is 8.91. The van der Waals surface area contributed by atoms with Gasteiger partial charge in [-0.3, -0.25) is 4.90 Å². The van der Waals surface area contributed by atoms with Crippen molar-refractivity contribution in [2.45, 2.75) is 62.9 Å². The largest absolute Gasteiger partial charge is 0.378 e. The van der Waals surface area contributed by atoms with Gasteiger partial charge >= 0.3 is 0 Å². The Balaban J connectivity index is 0.000000130. The molecule has 0 N–H and O–H groups in total. The molecule has 1 aliphatic carbocycles. The summed E-state index contributed by atoms with van der Waals surface area (Å²) in [5.41, 5.74) is 7.98. The number of piperidine rings is 1. The van der Waals surface area contributed by atoms with Crippen molar-refractivity contribution in [3.05, 3.63) is 84.7 Å². The first-order valence-corrected chi connectivity index (χ1v) is 20.7. The second-order valence-electron chi connectivity index (χ2n) is 15.3. The predicted molar refractivity (Wildman–Crippen MR) is 197 cm³/mol. The van der Waals surface area contributed by atoms with Crippen LogP contribution in [0.2, 0.25) is 0 Å².